The van der Waals surface area contributed by atoms with Gasteiger partial charge in [0.2, 0.25) is 0 Å². The van der Waals surface area contributed by atoms with Gasteiger partial charge >= 0.3 is 5.97 Å². The molecule has 5 rings (SSSR count). The molecule has 2 aliphatic rings. The highest BCUT2D eigenvalue weighted by atomic mass is 16.6. The maximum absolute atomic E-state index is 12.0. The molecule has 2 aliphatic carbocycles. The summed E-state index contributed by atoms with van der Waals surface area (Å²) in [6.07, 6.45) is 0. The van der Waals surface area contributed by atoms with E-state index in [-0.39, 0.29) is 5.97 Å². The number of carbonyl (C=O) groups excluding carboxylic acids is 1. The maximum Gasteiger partial charge on any atom is 0.303 e. The van der Waals surface area contributed by atoms with E-state index in [9.17, 15) is 4.79 Å². The first-order valence-corrected chi connectivity index (χ1v) is 8.18. The van der Waals surface area contributed by atoms with Crippen molar-refractivity contribution in [3.05, 3.63) is 107 Å². The van der Waals surface area contributed by atoms with Crippen LogP contribution in [0.4, 0.5) is 0 Å². The molecule has 0 amide bonds. The van der Waals surface area contributed by atoms with Crippen molar-refractivity contribution in [1.82, 2.24) is 0 Å². The van der Waals surface area contributed by atoms with Gasteiger partial charge in [-0.2, -0.15) is 0 Å². The van der Waals surface area contributed by atoms with Crippen LogP contribution in [-0.2, 0) is 20.5 Å². The zero-order chi connectivity index (χ0) is 16.4. The number of rotatable bonds is 2. The Labute approximate surface area is 140 Å². The van der Waals surface area contributed by atoms with Crippen LogP contribution in [0.2, 0.25) is 0 Å². The van der Waals surface area contributed by atoms with Gasteiger partial charge in [0.1, 0.15) is 0 Å². The number of esters is 1. The van der Waals surface area contributed by atoms with Gasteiger partial charge in [-0.25, -0.2) is 0 Å². The van der Waals surface area contributed by atoms with Gasteiger partial charge in [-0.1, -0.05) is 78.9 Å². The zero-order valence-corrected chi connectivity index (χ0v) is 13.3. The smallest absolute Gasteiger partial charge is 0.303 e. The first-order chi connectivity index (χ1) is 11.7. The third-order valence-corrected chi connectivity index (χ3v) is 5.45. The molecule has 0 saturated carbocycles. The van der Waals surface area contributed by atoms with Gasteiger partial charge < -0.3 is 4.74 Å². The Morgan fingerprint density at radius 3 is 1.67 bits per heavy atom. The lowest BCUT2D eigenvalue weighted by molar-refractivity contribution is -0.167. The molecule has 0 saturated heterocycles. The van der Waals surface area contributed by atoms with Gasteiger partial charge in [0.25, 0.3) is 0 Å². The topological polar surface area (TPSA) is 26.3 Å². The Balaban J connectivity index is 1.90. The monoisotopic (exact) mass is 312 g/mol. The van der Waals surface area contributed by atoms with Crippen molar-refractivity contribution >= 4 is 5.97 Å². The van der Waals surface area contributed by atoms with Crippen LogP contribution in [-0.4, -0.2) is 5.97 Å². The van der Waals surface area contributed by atoms with Gasteiger partial charge in [0.05, 0.1) is 5.41 Å². The average Bonchev–Trinajstić information content (AvgIpc) is 2.61. The lowest BCUT2D eigenvalue weighted by Crippen LogP contribution is -2.69. The third kappa shape index (κ3) is 1.24. The Morgan fingerprint density at radius 2 is 1.17 bits per heavy atom. The molecule has 116 valence electrons. The molecule has 0 N–H and O–H groups in total. The molecule has 0 radical (unpaired) electrons. The third-order valence-electron chi connectivity index (χ3n) is 5.45. The molecular weight excluding hydrogens is 296 g/mol. The summed E-state index contributed by atoms with van der Waals surface area (Å²) in [6.45, 7) is 1.49. The highest BCUT2D eigenvalue weighted by molar-refractivity contribution is 5.82. The van der Waals surface area contributed by atoms with Crippen LogP contribution >= 0.6 is 0 Å². The summed E-state index contributed by atoms with van der Waals surface area (Å²) in [7, 11) is 0. The first kappa shape index (κ1) is 13.6. The fourth-order valence-corrected chi connectivity index (χ4v) is 4.79. The highest BCUT2D eigenvalue weighted by Crippen LogP contribution is 2.74. The molecule has 3 aromatic rings. The van der Waals surface area contributed by atoms with Gasteiger partial charge in [0, 0.05) is 18.1 Å². The van der Waals surface area contributed by atoms with Crippen LogP contribution in [0.5, 0.6) is 0 Å². The van der Waals surface area contributed by atoms with E-state index >= 15 is 0 Å². The predicted molar refractivity (Wildman–Crippen MR) is 91.8 cm³/mol. The second kappa shape index (κ2) is 4.35. The van der Waals surface area contributed by atoms with Gasteiger partial charge in [-0.15, -0.1) is 0 Å². The van der Waals surface area contributed by atoms with E-state index in [0.29, 0.717) is 0 Å². The van der Waals surface area contributed by atoms with Gasteiger partial charge in [-0.05, 0) is 16.7 Å². The van der Waals surface area contributed by atoms with Crippen molar-refractivity contribution < 1.29 is 9.53 Å². The fraction of sp³-hybridized carbons (Fsp3) is 0.136. The standard InChI is InChI=1S/C22H16O2/c1-15(23)24-22-19-13-7-5-11-17(19)21(22,16-9-3-2-4-10-16)18-12-6-8-14-20(18)22/h2-14H,1H3. The summed E-state index contributed by atoms with van der Waals surface area (Å²) in [4.78, 5) is 12.0. The normalized spacial score (nSPS) is 25.4. The van der Waals surface area contributed by atoms with Crippen molar-refractivity contribution in [2.75, 3.05) is 0 Å². The fourth-order valence-electron chi connectivity index (χ4n) is 4.79. The summed E-state index contributed by atoms with van der Waals surface area (Å²) in [5, 5.41) is 0. The second-order valence-electron chi connectivity index (χ2n) is 6.48. The van der Waals surface area contributed by atoms with E-state index in [1.165, 1.54) is 23.6 Å². The molecular formula is C22H16O2. The minimum absolute atomic E-state index is 0.251. The largest absolute Gasteiger partial charge is 0.448 e. The summed E-state index contributed by atoms with van der Waals surface area (Å²) >= 11 is 0. The second-order valence-corrected chi connectivity index (χ2v) is 6.48. The molecule has 2 heteroatoms. The molecule has 0 spiro atoms. The molecule has 0 aromatic heterocycles. The molecule has 0 unspecified atom stereocenters. The minimum Gasteiger partial charge on any atom is -0.448 e. The molecule has 24 heavy (non-hydrogen) atoms. The molecule has 2 nitrogen and oxygen atoms in total. The first-order valence-electron chi connectivity index (χ1n) is 8.18. The van der Waals surface area contributed by atoms with Gasteiger partial charge in [-0.3, -0.25) is 4.79 Å². The van der Waals surface area contributed by atoms with Gasteiger partial charge in [0.15, 0.2) is 5.60 Å². The lowest BCUT2D eigenvalue weighted by Gasteiger charge is -2.67. The number of fused-ring (bicyclic) bond motifs is 7. The number of hydrogen-bond acceptors (Lipinski definition) is 2. The van der Waals surface area contributed by atoms with Crippen molar-refractivity contribution in [1.29, 1.82) is 0 Å². The van der Waals surface area contributed by atoms with Crippen LogP contribution in [0.15, 0.2) is 78.9 Å². The van der Waals surface area contributed by atoms with E-state index in [2.05, 4.69) is 48.5 Å². The van der Waals surface area contributed by atoms with E-state index in [0.717, 1.165) is 11.1 Å². The molecule has 0 aliphatic heterocycles. The van der Waals surface area contributed by atoms with Crippen LogP contribution in [0.1, 0.15) is 34.7 Å². The summed E-state index contributed by atoms with van der Waals surface area (Å²) in [5.74, 6) is -0.251. The highest BCUT2D eigenvalue weighted by Gasteiger charge is 2.76. The minimum atomic E-state index is -0.701. The number of hydrogen-bond donors (Lipinski definition) is 0. The van der Waals surface area contributed by atoms with E-state index in [4.69, 9.17) is 4.74 Å². The summed E-state index contributed by atoms with van der Waals surface area (Å²) < 4.78 is 6.04. The molecule has 3 aromatic carbocycles. The van der Waals surface area contributed by atoms with E-state index in [1.807, 2.05) is 30.3 Å². The number of benzene rings is 3. The van der Waals surface area contributed by atoms with E-state index < -0.39 is 11.0 Å². The number of ether oxygens (including phenoxy) is 1. The Kier molecular flexibility index (Phi) is 2.46. The molecule has 0 atom stereocenters. The van der Waals surface area contributed by atoms with Crippen LogP contribution in [0.25, 0.3) is 0 Å². The van der Waals surface area contributed by atoms with Crippen LogP contribution < -0.4 is 0 Å². The van der Waals surface area contributed by atoms with Crippen molar-refractivity contribution in [2.24, 2.45) is 0 Å². The summed E-state index contributed by atoms with van der Waals surface area (Å²) in [6, 6.07) is 27.0. The van der Waals surface area contributed by atoms with Crippen molar-refractivity contribution in [3.8, 4) is 0 Å². The Morgan fingerprint density at radius 1 is 0.708 bits per heavy atom. The molecule has 0 bridgehead atoms. The predicted octanol–water partition coefficient (Wildman–Crippen LogP) is 4.15. The van der Waals surface area contributed by atoms with Crippen LogP contribution in [0, 0.1) is 0 Å². The van der Waals surface area contributed by atoms with Crippen LogP contribution in [0.3, 0.4) is 0 Å². The Bertz CT molecular complexity index is 925. The maximum atomic E-state index is 12.0. The number of carbonyl (C=O) groups is 1. The molecule has 0 heterocycles. The van der Waals surface area contributed by atoms with Crippen molar-refractivity contribution in [2.45, 2.75) is 17.9 Å². The SMILES string of the molecule is CC(=O)OC12c3ccccc3C1(c1ccccc1)c1ccccc12. The lowest BCUT2D eigenvalue weighted by atomic mass is 9.37. The zero-order valence-electron chi connectivity index (χ0n) is 13.3. The quantitative estimate of drug-likeness (QED) is 0.664. The molecule has 0 fully saturated rings. The van der Waals surface area contributed by atoms with Crippen molar-refractivity contribution in [3.63, 3.8) is 0 Å². The van der Waals surface area contributed by atoms with E-state index in [1.54, 1.807) is 0 Å². The summed E-state index contributed by atoms with van der Waals surface area (Å²) in [5.41, 5.74) is 4.74. The Hall–Kier alpha value is -2.87. The average molecular weight is 312 g/mol.